The van der Waals surface area contributed by atoms with E-state index < -0.39 is 0 Å². The fourth-order valence-electron chi connectivity index (χ4n) is 2.12. The molecule has 0 spiro atoms. The van der Waals surface area contributed by atoms with Gasteiger partial charge in [-0.2, -0.15) is 10.1 Å². The summed E-state index contributed by atoms with van der Waals surface area (Å²) in [6.45, 7) is 4.21. The first-order valence-corrected chi connectivity index (χ1v) is 7.31. The van der Waals surface area contributed by atoms with Crippen molar-refractivity contribution in [3.8, 4) is 11.5 Å². The van der Waals surface area contributed by atoms with E-state index >= 15 is 0 Å². The molecule has 8 heteroatoms. The summed E-state index contributed by atoms with van der Waals surface area (Å²) >= 11 is 0. The number of aromatic amines is 2. The van der Waals surface area contributed by atoms with Gasteiger partial charge in [-0.1, -0.05) is 19.9 Å². The molecule has 3 aromatic rings. The zero-order valence-corrected chi connectivity index (χ0v) is 12.9. The average Bonchev–Trinajstić information content (AvgIpc) is 3.17. The number of hydrogen-bond acceptors (Lipinski definition) is 5. The Morgan fingerprint density at radius 3 is 2.87 bits per heavy atom. The van der Waals surface area contributed by atoms with Crippen molar-refractivity contribution < 1.29 is 4.79 Å². The fraction of sp³-hybridized carbons (Fsp3) is 0.267. The Balaban J connectivity index is 1.69. The van der Waals surface area contributed by atoms with Gasteiger partial charge in [0.15, 0.2) is 11.5 Å². The van der Waals surface area contributed by atoms with E-state index in [1.165, 1.54) is 0 Å². The molecule has 0 aliphatic heterocycles. The van der Waals surface area contributed by atoms with Crippen molar-refractivity contribution in [3.05, 3.63) is 41.9 Å². The Labute approximate surface area is 132 Å². The second-order valence-electron chi connectivity index (χ2n) is 5.55. The zero-order valence-electron chi connectivity index (χ0n) is 12.9. The van der Waals surface area contributed by atoms with E-state index in [9.17, 15) is 4.79 Å². The molecule has 23 heavy (non-hydrogen) atoms. The number of pyridine rings is 1. The van der Waals surface area contributed by atoms with Crippen LogP contribution < -0.4 is 5.32 Å². The van der Waals surface area contributed by atoms with Crippen molar-refractivity contribution in [2.45, 2.75) is 20.3 Å². The van der Waals surface area contributed by atoms with Crippen LogP contribution in [-0.2, 0) is 6.42 Å². The summed E-state index contributed by atoms with van der Waals surface area (Å²) < 4.78 is 0. The van der Waals surface area contributed by atoms with Gasteiger partial charge in [0.1, 0.15) is 5.69 Å². The maximum absolute atomic E-state index is 12.2. The van der Waals surface area contributed by atoms with Crippen LogP contribution in [0.4, 0.5) is 5.95 Å². The Kier molecular flexibility index (Phi) is 4.13. The maximum Gasteiger partial charge on any atom is 0.278 e. The third-order valence-electron chi connectivity index (χ3n) is 3.11. The van der Waals surface area contributed by atoms with Crippen LogP contribution in [0.25, 0.3) is 11.5 Å². The van der Waals surface area contributed by atoms with Crippen molar-refractivity contribution in [2.75, 3.05) is 5.32 Å². The van der Waals surface area contributed by atoms with Gasteiger partial charge in [-0.3, -0.25) is 25.3 Å². The van der Waals surface area contributed by atoms with Crippen LogP contribution in [0.15, 0.2) is 30.5 Å². The van der Waals surface area contributed by atoms with Gasteiger partial charge in [0.2, 0.25) is 5.95 Å². The first-order valence-electron chi connectivity index (χ1n) is 7.31. The summed E-state index contributed by atoms with van der Waals surface area (Å²) in [5, 5.41) is 16.2. The molecule has 8 nitrogen and oxygen atoms in total. The topological polar surface area (TPSA) is 112 Å². The molecule has 0 saturated heterocycles. The third kappa shape index (κ3) is 3.60. The normalized spacial score (nSPS) is 10.9. The second kappa shape index (κ2) is 6.39. The zero-order chi connectivity index (χ0) is 16.2. The van der Waals surface area contributed by atoms with E-state index in [4.69, 9.17) is 0 Å². The van der Waals surface area contributed by atoms with E-state index in [0.717, 1.165) is 12.1 Å². The van der Waals surface area contributed by atoms with Gasteiger partial charge < -0.3 is 0 Å². The lowest BCUT2D eigenvalue weighted by molar-refractivity contribution is 0.102. The minimum Gasteiger partial charge on any atom is -0.288 e. The quantitative estimate of drug-likeness (QED) is 0.667. The summed E-state index contributed by atoms with van der Waals surface area (Å²) in [6.07, 6.45) is 2.50. The monoisotopic (exact) mass is 311 g/mol. The highest BCUT2D eigenvalue weighted by Crippen LogP contribution is 2.13. The molecule has 3 rings (SSSR count). The van der Waals surface area contributed by atoms with Crippen molar-refractivity contribution in [2.24, 2.45) is 5.92 Å². The lowest BCUT2D eigenvalue weighted by atomic mass is 10.1. The lowest BCUT2D eigenvalue weighted by Gasteiger charge is -1.99. The van der Waals surface area contributed by atoms with E-state index in [1.807, 2.05) is 12.1 Å². The van der Waals surface area contributed by atoms with Crippen LogP contribution >= 0.6 is 0 Å². The van der Waals surface area contributed by atoms with Crippen LogP contribution in [0, 0.1) is 5.92 Å². The SMILES string of the molecule is CC(C)Cc1cc(C(=O)Nc2n[nH]c(-c3ccccn3)n2)n[nH]1. The standard InChI is InChI=1S/C15H17N7O/c1-9(2)7-10-8-12(20-19-10)14(23)18-15-17-13(21-22-15)11-5-3-4-6-16-11/h3-6,8-9H,7H2,1-2H3,(H,19,20)(H2,17,18,21,22,23). The van der Waals surface area contributed by atoms with Gasteiger partial charge in [-0.25, -0.2) is 0 Å². The molecule has 0 unspecified atom stereocenters. The van der Waals surface area contributed by atoms with Crippen LogP contribution in [0.1, 0.15) is 30.0 Å². The van der Waals surface area contributed by atoms with Gasteiger partial charge in [0.25, 0.3) is 5.91 Å². The highest BCUT2D eigenvalue weighted by Gasteiger charge is 2.14. The van der Waals surface area contributed by atoms with E-state index in [0.29, 0.717) is 23.1 Å². The molecule has 3 heterocycles. The number of anilines is 1. The molecule has 0 atom stereocenters. The second-order valence-corrected chi connectivity index (χ2v) is 5.55. The third-order valence-corrected chi connectivity index (χ3v) is 3.11. The average molecular weight is 311 g/mol. The first kappa shape index (κ1) is 14.9. The summed E-state index contributed by atoms with van der Waals surface area (Å²) in [4.78, 5) is 20.5. The summed E-state index contributed by atoms with van der Waals surface area (Å²) in [5.41, 5.74) is 1.89. The lowest BCUT2D eigenvalue weighted by Crippen LogP contribution is -2.13. The Bertz CT molecular complexity index is 791. The molecule has 0 saturated carbocycles. The van der Waals surface area contributed by atoms with Crippen molar-refractivity contribution in [3.63, 3.8) is 0 Å². The molecular formula is C15H17N7O. The number of aromatic nitrogens is 6. The molecule has 0 bridgehead atoms. The Hall–Kier alpha value is -3.03. The van der Waals surface area contributed by atoms with Crippen molar-refractivity contribution in [1.82, 2.24) is 30.4 Å². The number of amides is 1. The highest BCUT2D eigenvalue weighted by molar-refractivity contribution is 6.01. The van der Waals surface area contributed by atoms with E-state index in [2.05, 4.69) is 49.5 Å². The summed E-state index contributed by atoms with van der Waals surface area (Å²) in [5.74, 6) is 0.801. The molecular weight excluding hydrogens is 294 g/mol. The summed E-state index contributed by atoms with van der Waals surface area (Å²) in [7, 11) is 0. The van der Waals surface area contributed by atoms with E-state index in [1.54, 1.807) is 18.3 Å². The minimum absolute atomic E-state index is 0.184. The molecule has 0 aliphatic carbocycles. The van der Waals surface area contributed by atoms with Gasteiger partial charge in [0.05, 0.1) is 0 Å². The van der Waals surface area contributed by atoms with Crippen molar-refractivity contribution >= 4 is 11.9 Å². The molecule has 3 N–H and O–H groups in total. The number of H-pyrrole nitrogens is 2. The smallest absolute Gasteiger partial charge is 0.278 e. The number of hydrogen-bond donors (Lipinski definition) is 3. The number of nitrogens with zero attached hydrogens (tertiary/aromatic N) is 4. The van der Waals surface area contributed by atoms with Gasteiger partial charge in [0, 0.05) is 11.9 Å². The molecule has 1 amide bonds. The van der Waals surface area contributed by atoms with Crippen LogP contribution in [0.5, 0.6) is 0 Å². The molecule has 0 radical (unpaired) electrons. The largest absolute Gasteiger partial charge is 0.288 e. The Morgan fingerprint density at radius 1 is 1.26 bits per heavy atom. The number of carbonyl (C=O) groups is 1. The number of carbonyl (C=O) groups excluding carboxylic acids is 1. The van der Waals surface area contributed by atoms with Crippen LogP contribution in [-0.4, -0.2) is 36.3 Å². The van der Waals surface area contributed by atoms with Crippen LogP contribution in [0.3, 0.4) is 0 Å². The molecule has 118 valence electrons. The number of rotatable bonds is 5. The molecule has 0 aromatic carbocycles. The highest BCUT2D eigenvalue weighted by atomic mass is 16.2. The fourth-order valence-corrected chi connectivity index (χ4v) is 2.12. The summed E-state index contributed by atoms with van der Waals surface area (Å²) in [6, 6.07) is 7.21. The number of nitrogens with one attached hydrogen (secondary N) is 3. The minimum atomic E-state index is -0.358. The predicted molar refractivity (Wildman–Crippen MR) is 84.7 cm³/mol. The molecule has 3 aromatic heterocycles. The Morgan fingerprint density at radius 2 is 2.13 bits per heavy atom. The van der Waals surface area contributed by atoms with Gasteiger partial charge >= 0.3 is 0 Å². The van der Waals surface area contributed by atoms with E-state index in [-0.39, 0.29) is 11.9 Å². The van der Waals surface area contributed by atoms with Gasteiger partial charge in [-0.05, 0) is 30.5 Å². The predicted octanol–water partition coefficient (Wildman–Crippen LogP) is 2.04. The molecule has 0 fully saturated rings. The van der Waals surface area contributed by atoms with Crippen molar-refractivity contribution in [1.29, 1.82) is 0 Å². The van der Waals surface area contributed by atoms with Crippen LogP contribution in [0.2, 0.25) is 0 Å². The first-order chi connectivity index (χ1) is 11.1. The maximum atomic E-state index is 12.2. The van der Waals surface area contributed by atoms with Gasteiger partial charge in [-0.15, -0.1) is 5.10 Å². The molecule has 0 aliphatic rings.